The van der Waals surface area contributed by atoms with Crippen molar-refractivity contribution in [2.75, 3.05) is 0 Å². The Kier molecular flexibility index (Phi) is 1.87. The van der Waals surface area contributed by atoms with Crippen LogP contribution < -0.4 is 0 Å². The van der Waals surface area contributed by atoms with E-state index in [1.807, 2.05) is 0 Å². The Hall–Kier alpha value is -0.800. The van der Waals surface area contributed by atoms with E-state index in [9.17, 15) is 5.21 Å². The molecule has 0 aromatic heterocycles. The molecular weight excluding hydrogens is 120 g/mol. The molecule has 0 aromatic rings. The molecule has 4 heteroatoms. The second kappa shape index (κ2) is 2.66. The maximum Gasteiger partial charge on any atom is 0.197 e. The molecule has 1 aliphatic carbocycles. The van der Waals surface area contributed by atoms with Crippen molar-refractivity contribution in [1.82, 2.24) is 0 Å². The quantitative estimate of drug-likeness (QED) is 0.330. The first kappa shape index (κ1) is 6.32. The Bertz CT molecular complexity index is 118. The smallest absolute Gasteiger partial charge is 0.197 e. The Morgan fingerprint density at radius 3 is 2.44 bits per heavy atom. The average Bonchev–Trinajstić information content (AvgIpc) is 2.37. The molecule has 0 aromatic carbocycles. The molecule has 0 saturated heterocycles. The van der Waals surface area contributed by atoms with E-state index in [1.54, 1.807) is 0 Å². The van der Waals surface area contributed by atoms with Gasteiger partial charge in [-0.15, -0.1) is 0 Å². The molecule has 1 N–H and O–H groups in total. The summed E-state index contributed by atoms with van der Waals surface area (Å²) in [5, 5.41) is 21.1. The fourth-order valence-corrected chi connectivity index (χ4v) is 1.20. The molecule has 1 saturated carbocycles. The summed E-state index contributed by atoms with van der Waals surface area (Å²) in [5.74, 6) is 0. The molecule has 0 radical (unpaired) electrons. The third kappa shape index (κ3) is 1.31. The first-order valence-corrected chi connectivity index (χ1v) is 3.16. The van der Waals surface area contributed by atoms with E-state index in [0.29, 0.717) is 4.86 Å². The van der Waals surface area contributed by atoms with E-state index in [4.69, 9.17) is 5.21 Å². The van der Waals surface area contributed by atoms with Gasteiger partial charge in [-0.05, 0) is 12.8 Å². The first-order chi connectivity index (χ1) is 4.34. The van der Waals surface area contributed by atoms with Gasteiger partial charge in [0, 0.05) is 12.8 Å². The summed E-state index contributed by atoms with van der Waals surface area (Å²) in [7, 11) is 0. The summed E-state index contributed by atoms with van der Waals surface area (Å²) in [4.78, 5) is 0.396. The van der Waals surface area contributed by atoms with Gasteiger partial charge in [0.15, 0.2) is 11.3 Å². The lowest BCUT2D eigenvalue weighted by Crippen LogP contribution is -2.15. The van der Waals surface area contributed by atoms with E-state index < -0.39 is 0 Å². The molecule has 0 unspecified atom stereocenters. The highest BCUT2D eigenvalue weighted by Gasteiger charge is 2.23. The number of rotatable bonds is 1. The van der Waals surface area contributed by atoms with E-state index in [-0.39, 0.29) is 6.04 Å². The van der Waals surface area contributed by atoms with Gasteiger partial charge in [0.1, 0.15) is 0 Å². The second-order valence-electron chi connectivity index (χ2n) is 2.33. The minimum atomic E-state index is -0.0602. The summed E-state index contributed by atoms with van der Waals surface area (Å²) < 4.78 is 0. The van der Waals surface area contributed by atoms with Crippen molar-refractivity contribution >= 4 is 0 Å². The summed E-state index contributed by atoms with van der Waals surface area (Å²) in [6.45, 7) is 0. The van der Waals surface area contributed by atoms with Gasteiger partial charge in [-0.2, -0.15) is 0 Å². The van der Waals surface area contributed by atoms with Crippen LogP contribution in [-0.4, -0.2) is 16.1 Å². The molecule has 0 bridgehead atoms. The monoisotopic (exact) mass is 130 g/mol. The Balaban J connectivity index is 2.42. The largest absolute Gasteiger partial charge is 0.597 e. The fraction of sp³-hybridized carbons (Fsp3) is 1.00. The molecule has 1 fully saturated rings. The van der Waals surface area contributed by atoms with E-state index >= 15 is 0 Å². The summed E-state index contributed by atoms with van der Waals surface area (Å²) in [6.07, 6.45) is 3.90. The molecule has 1 aliphatic rings. The maximum absolute atomic E-state index is 10.5. The zero-order chi connectivity index (χ0) is 6.69. The zero-order valence-electron chi connectivity index (χ0n) is 5.16. The van der Waals surface area contributed by atoms with E-state index in [1.165, 1.54) is 0 Å². The Morgan fingerprint density at radius 2 is 2.00 bits per heavy atom. The molecule has 9 heavy (non-hydrogen) atoms. The zero-order valence-corrected chi connectivity index (χ0v) is 5.16. The van der Waals surface area contributed by atoms with Gasteiger partial charge in [-0.3, -0.25) is 0 Å². The van der Waals surface area contributed by atoms with Crippen LogP contribution in [0, 0.1) is 5.21 Å². The summed E-state index contributed by atoms with van der Waals surface area (Å²) in [6, 6.07) is -0.0602. The minimum absolute atomic E-state index is 0.0602. The van der Waals surface area contributed by atoms with Crippen molar-refractivity contribution in [2.24, 2.45) is 5.28 Å². The summed E-state index contributed by atoms with van der Waals surface area (Å²) >= 11 is 0. The highest BCUT2D eigenvalue weighted by atomic mass is 16.6. The van der Waals surface area contributed by atoms with Crippen LogP contribution in [0.5, 0.6) is 0 Å². The number of nitrogens with zero attached hydrogens (tertiary/aromatic N) is 2. The maximum atomic E-state index is 10.5. The molecular formula is C5H10N2O2. The lowest BCUT2D eigenvalue weighted by atomic mass is 10.3. The van der Waals surface area contributed by atoms with Crippen LogP contribution >= 0.6 is 0 Å². The van der Waals surface area contributed by atoms with Crippen LogP contribution in [-0.2, 0) is 0 Å². The summed E-state index contributed by atoms with van der Waals surface area (Å²) in [5.41, 5.74) is 0. The van der Waals surface area contributed by atoms with E-state index in [0.717, 1.165) is 25.7 Å². The van der Waals surface area contributed by atoms with Crippen LogP contribution in [0.2, 0.25) is 0 Å². The SMILES string of the molecule is [O-]/[N+](=N\O)C1CCCC1. The number of hydroxylamine groups is 1. The van der Waals surface area contributed by atoms with Gasteiger partial charge in [-0.25, -0.2) is 0 Å². The second-order valence-corrected chi connectivity index (χ2v) is 2.33. The highest BCUT2D eigenvalue weighted by Crippen LogP contribution is 2.20. The van der Waals surface area contributed by atoms with Crippen LogP contribution in [0.15, 0.2) is 5.28 Å². The first-order valence-electron chi connectivity index (χ1n) is 3.16. The molecule has 0 spiro atoms. The highest BCUT2D eigenvalue weighted by molar-refractivity contribution is 4.64. The predicted molar refractivity (Wildman–Crippen MR) is 30.1 cm³/mol. The standard InChI is InChI=1S/C5H10N2O2/c8-6-7(9)5-3-1-2-4-5/h5,8H,1-4H2/b7-6-. The van der Waals surface area contributed by atoms with Gasteiger partial charge in [0.2, 0.25) is 0 Å². The van der Waals surface area contributed by atoms with Gasteiger partial charge >= 0.3 is 0 Å². The van der Waals surface area contributed by atoms with Crippen LogP contribution in [0.1, 0.15) is 25.7 Å². The lowest BCUT2D eigenvalue weighted by molar-refractivity contribution is -0.590. The normalized spacial score (nSPS) is 22.9. The molecule has 0 amide bonds. The van der Waals surface area contributed by atoms with Crippen molar-refractivity contribution in [3.05, 3.63) is 5.21 Å². The molecule has 1 rings (SSSR count). The van der Waals surface area contributed by atoms with Crippen molar-refractivity contribution in [1.29, 1.82) is 0 Å². The average molecular weight is 130 g/mol. The van der Waals surface area contributed by atoms with Gasteiger partial charge in [0.25, 0.3) is 0 Å². The van der Waals surface area contributed by atoms with Gasteiger partial charge in [-0.1, -0.05) is 4.86 Å². The van der Waals surface area contributed by atoms with Crippen LogP contribution in [0.4, 0.5) is 0 Å². The van der Waals surface area contributed by atoms with Gasteiger partial charge < -0.3 is 10.4 Å². The Morgan fingerprint density at radius 1 is 1.44 bits per heavy atom. The Labute approximate surface area is 53.3 Å². The molecule has 0 atom stereocenters. The molecule has 52 valence electrons. The van der Waals surface area contributed by atoms with Crippen LogP contribution in [0.3, 0.4) is 0 Å². The molecule has 4 nitrogen and oxygen atoms in total. The number of hydrogen-bond donors (Lipinski definition) is 1. The lowest BCUT2D eigenvalue weighted by Gasteiger charge is -2.02. The third-order valence-electron chi connectivity index (χ3n) is 1.73. The van der Waals surface area contributed by atoms with E-state index in [2.05, 4.69) is 5.28 Å². The molecule has 0 heterocycles. The predicted octanol–water partition coefficient (Wildman–Crippen LogP) is 1.28. The molecule has 0 aliphatic heterocycles. The van der Waals surface area contributed by atoms with Crippen molar-refractivity contribution in [2.45, 2.75) is 31.7 Å². The minimum Gasteiger partial charge on any atom is -0.597 e. The van der Waals surface area contributed by atoms with Crippen LogP contribution in [0.25, 0.3) is 0 Å². The number of hydrogen-bond acceptors (Lipinski definition) is 2. The van der Waals surface area contributed by atoms with Gasteiger partial charge in [0.05, 0.1) is 0 Å². The third-order valence-corrected chi connectivity index (χ3v) is 1.73. The van der Waals surface area contributed by atoms with Crippen molar-refractivity contribution in [3.63, 3.8) is 0 Å². The fourth-order valence-electron chi connectivity index (χ4n) is 1.20. The topological polar surface area (TPSA) is 58.7 Å². The van der Waals surface area contributed by atoms with Crippen molar-refractivity contribution < 1.29 is 10.1 Å². The van der Waals surface area contributed by atoms with Crippen molar-refractivity contribution in [3.8, 4) is 0 Å².